The molecule has 4 aromatic rings. The number of Topliss-reactive ketones (excluding diaryl/α,β-unsaturated/α-hetero) is 1. The minimum absolute atomic E-state index is 0.0371. The number of aromatic carboxylic acids is 1. The van der Waals surface area contributed by atoms with Crippen LogP contribution in [0.15, 0.2) is 102 Å². The average Bonchev–Trinajstić information content (AvgIpc) is 2.99. The van der Waals surface area contributed by atoms with Gasteiger partial charge < -0.3 is 14.7 Å². The second kappa shape index (κ2) is 15.8. The van der Waals surface area contributed by atoms with Crippen molar-refractivity contribution in [2.24, 2.45) is 0 Å². The van der Waals surface area contributed by atoms with E-state index in [2.05, 4.69) is 60.5 Å². The van der Waals surface area contributed by atoms with E-state index in [-0.39, 0.29) is 23.9 Å². The van der Waals surface area contributed by atoms with Gasteiger partial charge in [0.25, 0.3) is 0 Å². The highest BCUT2D eigenvalue weighted by molar-refractivity contribution is 8.00. The number of aryl methyl sites for hydroxylation is 1. The van der Waals surface area contributed by atoms with Crippen LogP contribution in [-0.4, -0.2) is 54.3 Å². The van der Waals surface area contributed by atoms with Gasteiger partial charge in [0, 0.05) is 27.4 Å². The number of carboxylic acid groups (broad SMARTS) is 1. The maximum absolute atomic E-state index is 12.3. The predicted octanol–water partition coefficient (Wildman–Crippen LogP) is 8.13. The van der Waals surface area contributed by atoms with Gasteiger partial charge in [0.05, 0.1) is 11.3 Å². The predicted molar refractivity (Wildman–Crippen MR) is 172 cm³/mol. The van der Waals surface area contributed by atoms with Gasteiger partial charge in [-0.05, 0) is 104 Å². The molecule has 5 nitrogen and oxygen atoms in total. The Morgan fingerprint density at radius 1 is 0.833 bits per heavy atom. The topological polar surface area (TPSA) is 66.8 Å². The number of hydrogen-bond acceptors (Lipinski definition) is 5. The Labute approximate surface area is 261 Å². The largest absolute Gasteiger partial charge is 0.486 e. The molecule has 1 N–H and O–H groups in total. The fraction of sp³-hybridized carbons (Fsp3) is 0.235. The van der Waals surface area contributed by atoms with Gasteiger partial charge in [0.2, 0.25) is 0 Å². The first-order valence-corrected chi connectivity index (χ1v) is 15.4. The second-order valence-electron chi connectivity index (χ2n) is 10.1. The molecule has 0 heterocycles. The first-order chi connectivity index (χ1) is 20.3. The molecular formula is C34H33Cl2NO4S. The van der Waals surface area contributed by atoms with Crippen LogP contribution in [0.1, 0.15) is 39.4 Å². The monoisotopic (exact) mass is 621 g/mol. The summed E-state index contributed by atoms with van der Waals surface area (Å²) >= 11 is 13.8. The van der Waals surface area contributed by atoms with Gasteiger partial charge in [-0.15, -0.1) is 11.8 Å². The van der Waals surface area contributed by atoms with E-state index in [0.29, 0.717) is 11.5 Å². The third-order valence-electron chi connectivity index (χ3n) is 6.87. The minimum Gasteiger partial charge on any atom is -0.486 e. The van der Waals surface area contributed by atoms with Gasteiger partial charge in [-0.2, -0.15) is 0 Å². The van der Waals surface area contributed by atoms with Crippen LogP contribution < -0.4 is 4.74 Å². The van der Waals surface area contributed by atoms with Gasteiger partial charge in [-0.1, -0.05) is 59.6 Å². The van der Waals surface area contributed by atoms with Crippen LogP contribution in [0.25, 0.3) is 0 Å². The van der Waals surface area contributed by atoms with Crippen molar-refractivity contribution < 1.29 is 19.4 Å². The normalized spacial score (nSPS) is 11.2. The lowest BCUT2D eigenvalue weighted by atomic mass is 9.91. The Hall–Kier alpha value is -3.29. The molecule has 8 heteroatoms. The van der Waals surface area contributed by atoms with E-state index in [1.807, 2.05) is 24.3 Å². The zero-order valence-electron chi connectivity index (χ0n) is 23.3. The van der Waals surface area contributed by atoms with Gasteiger partial charge in [0.1, 0.15) is 12.4 Å². The number of carbonyl (C=O) groups excluding carboxylic acids is 1. The quantitative estimate of drug-likeness (QED) is 0.135. The average molecular weight is 623 g/mol. The highest BCUT2D eigenvalue weighted by Gasteiger charge is 2.17. The van der Waals surface area contributed by atoms with Gasteiger partial charge in [-0.25, -0.2) is 4.79 Å². The summed E-state index contributed by atoms with van der Waals surface area (Å²) in [6, 6.07) is 30.5. The highest BCUT2D eigenvalue weighted by Crippen LogP contribution is 2.28. The second-order valence-corrected chi connectivity index (χ2v) is 12.0. The molecule has 0 fully saturated rings. The number of carbonyl (C=O) groups is 2. The number of likely N-dealkylation sites (N-methyl/N-ethyl adjacent to an activating group) is 1. The lowest BCUT2D eigenvalue weighted by Crippen LogP contribution is -2.26. The summed E-state index contributed by atoms with van der Waals surface area (Å²) in [4.78, 5) is 26.6. The van der Waals surface area contributed by atoms with Gasteiger partial charge in [0.15, 0.2) is 5.78 Å². The van der Waals surface area contributed by atoms with E-state index in [0.717, 1.165) is 40.9 Å². The van der Waals surface area contributed by atoms with Crippen LogP contribution >= 0.6 is 35.0 Å². The standard InChI is InChI=1S/C34H33Cl2NO4S/c1-37(21-33(25-6-12-28(35)13-7-25)26-8-14-29(36)15-9-26)20-2-3-24-4-18-32(19-5-24)42-23-30(38)22-41-31-16-10-27(11-17-31)34(39)40/h4-19,33H,2-3,20-23H2,1H3,(H,39,40). The summed E-state index contributed by atoms with van der Waals surface area (Å²) in [6.07, 6.45) is 2.00. The Morgan fingerprint density at radius 3 is 1.95 bits per heavy atom. The van der Waals surface area contributed by atoms with Gasteiger partial charge >= 0.3 is 5.97 Å². The number of ether oxygens (including phenoxy) is 1. The van der Waals surface area contributed by atoms with Crippen molar-refractivity contribution in [2.45, 2.75) is 23.7 Å². The lowest BCUT2D eigenvalue weighted by molar-refractivity contribution is -0.118. The lowest BCUT2D eigenvalue weighted by Gasteiger charge is -2.25. The molecular weight excluding hydrogens is 589 g/mol. The van der Waals surface area contributed by atoms with Crippen LogP contribution in [0.5, 0.6) is 5.75 Å². The fourth-order valence-corrected chi connectivity index (χ4v) is 5.56. The Morgan fingerprint density at radius 2 is 1.40 bits per heavy atom. The summed E-state index contributed by atoms with van der Waals surface area (Å²) in [5, 5.41) is 10.4. The summed E-state index contributed by atoms with van der Waals surface area (Å²) < 4.78 is 5.49. The molecule has 0 bridgehead atoms. The van der Waals surface area contributed by atoms with E-state index in [1.165, 1.54) is 40.6 Å². The SMILES string of the molecule is CN(CCCc1ccc(SCC(=O)COc2ccc(C(=O)O)cc2)cc1)CC(c1ccc(Cl)cc1)c1ccc(Cl)cc1. The molecule has 0 aliphatic carbocycles. The molecule has 0 saturated carbocycles. The molecule has 0 saturated heterocycles. The first-order valence-electron chi connectivity index (χ1n) is 13.7. The third kappa shape index (κ3) is 9.92. The maximum Gasteiger partial charge on any atom is 0.335 e. The molecule has 0 aliphatic heterocycles. The van der Waals surface area contributed by atoms with Crippen LogP contribution in [0.4, 0.5) is 0 Å². The summed E-state index contributed by atoms with van der Waals surface area (Å²) in [5.41, 5.74) is 3.89. The zero-order chi connectivity index (χ0) is 29.9. The third-order valence-corrected chi connectivity index (χ3v) is 8.44. The van der Waals surface area contributed by atoms with Gasteiger partial charge in [-0.3, -0.25) is 4.79 Å². The molecule has 4 rings (SSSR count). The van der Waals surface area contributed by atoms with E-state index < -0.39 is 5.97 Å². The van der Waals surface area contributed by atoms with Crippen molar-refractivity contribution in [3.05, 3.63) is 129 Å². The number of nitrogens with zero attached hydrogens (tertiary/aromatic N) is 1. The van der Waals surface area contributed by atoms with Crippen molar-refractivity contribution in [2.75, 3.05) is 32.5 Å². The number of halogens is 2. The fourth-order valence-electron chi connectivity index (χ4n) is 4.56. The molecule has 0 aliphatic rings. The summed E-state index contributed by atoms with van der Waals surface area (Å²) in [7, 11) is 2.16. The Kier molecular flexibility index (Phi) is 11.9. The molecule has 0 radical (unpaired) electrons. The molecule has 0 spiro atoms. The number of rotatable bonds is 15. The van der Waals surface area contributed by atoms with E-state index in [9.17, 15) is 9.59 Å². The molecule has 4 aromatic carbocycles. The van der Waals surface area contributed by atoms with E-state index >= 15 is 0 Å². The first kappa shape index (κ1) is 31.6. The van der Waals surface area contributed by atoms with Crippen LogP contribution in [0, 0.1) is 0 Å². The number of thioether (sulfide) groups is 1. The molecule has 0 atom stereocenters. The van der Waals surface area contributed by atoms with Crippen molar-refractivity contribution in [3.8, 4) is 5.75 Å². The molecule has 0 unspecified atom stereocenters. The van der Waals surface area contributed by atoms with Crippen LogP contribution in [0.3, 0.4) is 0 Å². The Balaban J connectivity index is 1.20. The van der Waals surface area contributed by atoms with Crippen molar-refractivity contribution in [1.82, 2.24) is 4.90 Å². The highest BCUT2D eigenvalue weighted by atomic mass is 35.5. The van der Waals surface area contributed by atoms with E-state index in [1.54, 1.807) is 12.1 Å². The van der Waals surface area contributed by atoms with E-state index in [4.69, 9.17) is 33.0 Å². The van der Waals surface area contributed by atoms with Crippen molar-refractivity contribution >= 4 is 46.7 Å². The van der Waals surface area contributed by atoms with Crippen molar-refractivity contribution in [3.63, 3.8) is 0 Å². The molecule has 218 valence electrons. The molecule has 42 heavy (non-hydrogen) atoms. The number of ketones is 1. The zero-order valence-corrected chi connectivity index (χ0v) is 25.7. The minimum atomic E-state index is -0.999. The van der Waals surface area contributed by atoms with Crippen LogP contribution in [-0.2, 0) is 11.2 Å². The number of benzene rings is 4. The molecule has 0 aromatic heterocycles. The van der Waals surface area contributed by atoms with Crippen LogP contribution in [0.2, 0.25) is 10.0 Å². The summed E-state index contributed by atoms with van der Waals surface area (Å²) in [5.74, 6) is -0.0454. The number of hydrogen-bond donors (Lipinski definition) is 1. The number of carboxylic acids is 1. The Bertz CT molecular complexity index is 1400. The smallest absolute Gasteiger partial charge is 0.335 e. The maximum atomic E-state index is 12.3. The molecule has 0 amide bonds. The van der Waals surface area contributed by atoms with Crippen molar-refractivity contribution in [1.29, 1.82) is 0 Å². The summed E-state index contributed by atoms with van der Waals surface area (Å²) in [6.45, 7) is 1.79.